The molecule has 2 heterocycles. The quantitative estimate of drug-likeness (QED) is 0.439. The number of amides is 2. The highest BCUT2D eigenvalue weighted by Gasteiger charge is 2.23. The number of nitrogens with one attached hydrogen (secondary N) is 2. The van der Waals surface area contributed by atoms with Crippen LogP contribution in [0.25, 0.3) is 21.8 Å². The Kier molecular flexibility index (Phi) is 5.24. The van der Waals surface area contributed by atoms with Crippen molar-refractivity contribution < 1.29 is 9.59 Å². The number of primary amides is 1. The molecule has 9 heteroatoms. The number of carbonyl (C=O) groups is 2. The smallest absolute Gasteiger partial charge is 0.275 e. The molecule has 0 saturated heterocycles. The molecule has 1 atom stereocenters. The van der Waals surface area contributed by atoms with E-state index >= 15 is 0 Å². The third-order valence-corrected chi connectivity index (χ3v) is 5.08. The minimum atomic E-state index is -0.771. The van der Waals surface area contributed by atoms with Gasteiger partial charge < -0.3 is 16.0 Å². The molecule has 4 N–H and O–H groups in total. The predicted molar refractivity (Wildman–Crippen MR) is 116 cm³/mol. The van der Waals surface area contributed by atoms with E-state index in [9.17, 15) is 14.4 Å². The number of H-pyrrole nitrogens is 1. The maximum Gasteiger partial charge on any atom is 0.275 e. The van der Waals surface area contributed by atoms with Crippen molar-refractivity contribution in [3.05, 3.63) is 70.4 Å². The van der Waals surface area contributed by atoms with E-state index in [1.54, 1.807) is 24.3 Å². The maximum atomic E-state index is 12.8. The molecule has 31 heavy (non-hydrogen) atoms. The van der Waals surface area contributed by atoms with Crippen LogP contribution in [0.3, 0.4) is 0 Å². The largest absolute Gasteiger partial charge is 0.364 e. The first-order chi connectivity index (χ1) is 14.8. The van der Waals surface area contributed by atoms with Crippen molar-refractivity contribution in [3.63, 3.8) is 0 Å². The van der Waals surface area contributed by atoms with Crippen molar-refractivity contribution in [3.8, 4) is 0 Å². The van der Waals surface area contributed by atoms with Crippen LogP contribution in [0.4, 0.5) is 0 Å². The maximum absolute atomic E-state index is 12.8. The molecule has 0 fully saturated rings. The van der Waals surface area contributed by atoms with Crippen molar-refractivity contribution in [2.24, 2.45) is 11.7 Å². The molecule has 4 aromatic rings. The van der Waals surface area contributed by atoms with Crippen LogP contribution < -0.4 is 16.6 Å². The third kappa shape index (κ3) is 3.89. The van der Waals surface area contributed by atoms with Gasteiger partial charge in [-0.1, -0.05) is 44.2 Å². The van der Waals surface area contributed by atoms with Crippen molar-refractivity contribution >= 4 is 33.6 Å². The zero-order valence-corrected chi connectivity index (χ0v) is 17.1. The summed E-state index contributed by atoms with van der Waals surface area (Å²) in [4.78, 5) is 45.3. The van der Waals surface area contributed by atoms with E-state index in [1.165, 1.54) is 0 Å². The Hall–Kier alpha value is -4.01. The lowest BCUT2D eigenvalue weighted by atomic mass is 10.0. The molecule has 2 aromatic carbocycles. The summed E-state index contributed by atoms with van der Waals surface area (Å²) in [5, 5.41) is 7.60. The summed E-state index contributed by atoms with van der Waals surface area (Å²) in [5.41, 5.74) is 6.58. The summed E-state index contributed by atoms with van der Waals surface area (Å²) in [6, 6.07) is 13.7. The molecule has 2 amide bonds. The van der Waals surface area contributed by atoms with Crippen molar-refractivity contribution in [1.82, 2.24) is 25.1 Å². The Morgan fingerprint density at radius 3 is 2.45 bits per heavy atom. The van der Waals surface area contributed by atoms with E-state index in [0.717, 1.165) is 15.7 Å². The highest BCUT2D eigenvalue weighted by atomic mass is 16.2. The molecule has 0 aliphatic heterocycles. The average molecular weight is 418 g/mol. The summed E-state index contributed by atoms with van der Waals surface area (Å²) in [5.74, 6) is -0.541. The lowest BCUT2D eigenvalue weighted by molar-refractivity contribution is -0.123. The number of benzene rings is 2. The molecule has 0 spiro atoms. The summed E-state index contributed by atoms with van der Waals surface area (Å²) in [7, 11) is 0. The number of aromatic nitrogens is 4. The topological polar surface area (TPSA) is 136 Å². The second-order valence-corrected chi connectivity index (χ2v) is 7.65. The van der Waals surface area contributed by atoms with Gasteiger partial charge in [0.25, 0.3) is 11.5 Å². The number of nitrogens with two attached hydrogens (primary N) is 1. The molecule has 9 nitrogen and oxygen atoms in total. The Balaban J connectivity index is 1.64. The number of imidazole rings is 1. The number of para-hydroxylation sites is 2. The normalized spacial score (nSPS) is 12.4. The van der Waals surface area contributed by atoms with Gasteiger partial charge in [-0.25, -0.2) is 9.67 Å². The van der Waals surface area contributed by atoms with Gasteiger partial charge in [0.05, 0.1) is 22.5 Å². The fourth-order valence-corrected chi connectivity index (χ4v) is 3.55. The molecular formula is C22H22N6O3. The van der Waals surface area contributed by atoms with Crippen LogP contribution in [0.1, 0.15) is 36.2 Å². The van der Waals surface area contributed by atoms with Crippen molar-refractivity contribution in [1.29, 1.82) is 0 Å². The Morgan fingerprint density at radius 1 is 1.10 bits per heavy atom. The van der Waals surface area contributed by atoms with Gasteiger partial charge in [0.2, 0.25) is 5.91 Å². The Morgan fingerprint density at radius 2 is 1.77 bits per heavy atom. The van der Waals surface area contributed by atoms with Gasteiger partial charge in [0.15, 0.2) is 5.69 Å². The lowest BCUT2D eigenvalue weighted by Crippen LogP contribution is -2.38. The fourth-order valence-electron chi connectivity index (χ4n) is 3.55. The molecular weight excluding hydrogens is 396 g/mol. The first-order valence-corrected chi connectivity index (χ1v) is 9.89. The van der Waals surface area contributed by atoms with E-state index in [4.69, 9.17) is 5.73 Å². The number of hydrogen-bond acceptors (Lipinski definition) is 5. The average Bonchev–Trinajstić information content (AvgIpc) is 3.17. The second-order valence-electron chi connectivity index (χ2n) is 7.65. The van der Waals surface area contributed by atoms with E-state index in [0.29, 0.717) is 11.2 Å². The van der Waals surface area contributed by atoms with E-state index in [-0.39, 0.29) is 23.5 Å². The standard InChI is InChI=1S/C22H22N6O3/c1-12(2)18(21-24-15-9-5-6-10-16(15)25-21)26-17(29)11-28-22(31)14-8-4-3-7-13(14)19(27-28)20(23)30/h3-10,12,18H,11H2,1-2H3,(H2,23,30)(H,24,25)(H,26,29)/t18-/m1/s1. The van der Waals surface area contributed by atoms with Gasteiger partial charge in [0.1, 0.15) is 12.4 Å². The van der Waals surface area contributed by atoms with Gasteiger partial charge in [-0.15, -0.1) is 0 Å². The van der Waals surface area contributed by atoms with Crippen LogP contribution in [-0.4, -0.2) is 31.6 Å². The summed E-state index contributed by atoms with van der Waals surface area (Å²) >= 11 is 0. The van der Waals surface area contributed by atoms with Crippen LogP contribution in [-0.2, 0) is 11.3 Å². The summed E-state index contributed by atoms with van der Waals surface area (Å²) in [6.07, 6.45) is 0. The van der Waals surface area contributed by atoms with E-state index in [2.05, 4.69) is 20.4 Å². The van der Waals surface area contributed by atoms with Crippen molar-refractivity contribution in [2.45, 2.75) is 26.4 Å². The molecule has 2 aromatic heterocycles. The highest BCUT2D eigenvalue weighted by Crippen LogP contribution is 2.22. The highest BCUT2D eigenvalue weighted by molar-refractivity contribution is 6.04. The zero-order chi connectivity index (χ0) is 22.1. The van der Waals surface area contributed by atoms with Crippen LogP contribution in [0.2, 0.25) is 0 Å². The lowest BCUT2D eigenvalue weighted by Gasteiger charge is -2.20. The van der Waals surface area contributed by atoms with Crippen LogP contribution in [0, 0.1) is 5.92 Å². The molecule has 0 aliphatic carbocycles. The molecule has 0 saturated carbocycles. The number of fused-ring (bicyclic) bond motifs is 2. The first-order valence-electron chi connectivity index (χ1n) is 9.89. The predicted octanol–water partition coefficient (Wildman–Crippen LogP) is 1.89. The number of carbonyl (C=O) groups excluding carboxylic acids is 2. The van der Waals surface area contributed by atoms with Gasteiger partial charge in [-0.05, 0) is 24.1 Å². The molecule has 4 rings (SSSR count). The van der Waals surface area contributed by atoms with Gasteiger partial charge in [-0.3, -0.25) is 14.4 Å². The fraction of sp³-hybridized carbons (Fsp3) is 0.227. The molecule has 0 unspecified atom stereocenters. The minimum absolute atomic E-state index is 0.0342. The van der Waals surface area contributed by atoms with Gasteiger partial charge in [-0.2, -0.15) is 5.10 Å². The van der Waals surface area contributed by atoms with Gasteiger partial charge in [0, 0.05) is 5.39 Å². The summed E-state index contributed by atoms with van der Waals surface area (Å²) < 4.78 is 0.966. The molecule has 0 bridgehead atoms. The Labute approximate surface area is 177 Å². The number of hydrogen-bond donors (Lipinski definition) is 3. The third-order valence-electron chi connectivity index (χ3n) is 5.08. The van der Waals surface area contributed by atoms with Crippen LogP contribution in [0.15, 0.2) is 53.3 Å². The van der Waals surface area contributed by atoms with Crippen LogP contribution >= 0.6 is 0 Å². The second kappa shape index (κ2) is 8.02. The SMILES string of the molecule is CC(C)[C@@H](NC(=O)Cn1nc(C(N)=O)c2ccccc2c1=O)c1nc2ccccc2[nH]1. The molecule has 158 valence electrons. The zero-order valence-electron chi connectivity index (χ0n) is 17.1. The number of nitrogens with zero attached hydrogens (tertiary/aromatic N) is 3. The number of aromatic amines is 1. The van der Waals surface area contributed by atoms with Crippen LogP contribution in [0.5, 0.6) is 0 Å². The van der Waals surface area contributed by atoms with Crippen molar-refractivity contribution in [2.75, 3.05) is 0 Å². The minimum Gasteiger partial charge on any atom is -0.364 e. The van der Waals surface area contributed by atoms with E-state index < -0.39 is 23.4 Å². The number of rotatable bonds is 6. The Bertz CT molecular complexity index is 1320. The van der Waals surface area contributed by atoms with Gasteiger partial charge >= 0.3 is 0 Å². The molecule has 0 aliphatic rings. The molecule has 0 radical (unpaired) electrons. The summed E-state index contributed by atoms with van der Waals surface area (Å²) in [6.45, 7) is 3.57. The van der Waals surface area contributed by atoms with E-state index in [1.807, 2.05) is 38.1 Å². The first kappa shape index (κ1) is 20.3. The monoisotopic (exact) mass is 418 g/mol.